The van der Waals surface area contributed by atoms with Crippen molar-refractivity contribution in [3.8, 4) is 0 Å². The molecule has 2 fully saturated rings. The lowest BCUT2D eigenvalue weighted by Gasteiger charge is -2.31. The number of aliphatic carboxylic acids is 1. The first-order chi connectivity index (χ1) is 20.5. The second kappa shape index (κ2) is 12.1. The third-order valence-electron chi connectivity index (χ3n) is 8.22. The molecule has 4 atom stereocenters. The second-order valence-electron chi connectivity index (χ2n) is 10.8. The van der Waals surface area contributed by atoms with Gasteiger partial charge in [-0.25, -0.2) is 22.9 Å². The van der Waals surface area contributed by atoms with Gasteiger partial charge < -0.3 is 20.1 Å². The number of fused-ring (bicyclic) bond motifs is 1. The molecule has 5 rings (SSSR count). The van der Waals surface area contributed by atoms with E-state index in [2.05, 4.69) is 10.3 Å². The molecular weight excluding hydrogens is 587 g/mol. The molecule has 0 aliphatic carbocycles. The Morgan fingerprint density at radius 2 is 2.07 bits per heavy atom. The molecule has 2 N–H and O–H groups in total. The number of likely N-dealkylation sites (tertiary alicyclic amines) is 2. The average Bonchev–Trinajstić information content (AvgIpc) is 3.66. The zero-order chi connectivity index (χ0) is 31.1. The first-order valence-corrected chi connectivity index (χ1v) is 14.9. The van der Waals surface area contributed by atoms with Crippen molar-refractivity contribution in [3.63, 3.8) is 0 Å². The molecule has 0 unspecified atom stereocenters. The smallest absolute Gasteiger partial charge is 0.338 e. The molecule has 1 amide bonds. The minimum atomic E-state index is -3.25. The van der Waals surface area contributed by atoms with Crippen LogP contribution in [0.25, 0.3) is 0 Å². The molecule has 1 aromatic carbocycles. The van der Waals surface area contributed by atoms with E-state index in [1.807, 2.05) is 0 Å². The summed E-state index contributed by atoms with van der Waals surface area (Å²) < 4.78 is 50.9. The number of carboxylic acids is 1. The fraction of sp³-hybridized carbons (Fsp3) is 0.483. The first kappa shape index (κ1) is 30.7. The third kappa shape index (κ3) is 5.77. The molecule has 0 saturated carbocycles. The highest BCUT2D eigenvalue weighted by molar-refractivity contribution is 7.11. The summed E-state index contributed by atoms with van der Waals surface area (Å²) in [5.41, 5.74) is 0.855. The molecule has 230 valence electrons. The molecule has 14 heteroatoms. The van der Waals surface area contributed by atoms with E-state index in [-0.39, 0.29) is 55.3 Å². The summed E-state index contributed by atoms with van der Waals surface area (Å²) in [7, 11) is 0. The minimum Gasteiger partial charge on any atom is -0.481 e. The Bertz CT molecular complexity index is 1480. The van der Waals surface area contributed by atoms with Crippen molar-refractivity contribution in [2.45, 2.75) is 45.2 Å². The van der Waals surface area contributed by atoms with Gasteiger partial charge in [-0.05, 0) is 37.5 Å². The number of carbonyl (C=O) groups excluding carboxylic acids is 2. The number of aliphatic imine (C=N–C) groups is 1. The van der Waals surface area contributed by atoms with E-state index in [4.69, 9.17) is 9.73 Å². The molecular formula is C29H32F3N5O5S. The number of nitrogens with zero attached hydrogens (tertiary/aromatic N) is 4. The van der Waals surface area contributed by atoms with Gasteiger partial charge in [-0.3, -0.25) is 19.5 Å². The van der Waals surface area contributed by atoms with Crippen molar-refractivity contribution in [2.75, 3.05) is 32.8 Å². The number of amidine groups is 1. The molecule has 0 bridgehead atoms. The van der Waals surface area contributed by atoms with Gasteiger partial charge in [-0.1, -0.05) is 19.1 Å². The zero-order valence-electron chi connectivity index (χ0n) is 23.8. The van der Waals surface area contributed by atoms with Crippen molar-refractivity contribution < 1.29 is 37.4 Å². The van der Waals surface area contributed by atoms with Gasteiger partial charge in [0.1, 0.15) is 17.9 Å². The Hall–Kier alpha value is -3.78. The van der Waals surface area contributed by atoms with Crippen LogP contribution in [0.15, 0.2) is 46.0 Å². The molecule has 10 nitrogen and oxygen atoms in total. The van der Waals surface area contributed by atoms with E-state index >= 15 is 8.78 Å². The second-order valence-corrected chi connectivity index (χ2v) is 11.7. The van der Waals surface area contributed by atoms with E-state index in [0.717, 1.165) is 0 Å². The van der Waals surface area contributed by atoms with E-state index in [9.17, 15) is 23.9 Å². The van der Waals surface area contributed by atoms with Gasteiger partial charge in [0.25, 0.3) is 5.92 Å². The summed E-state index contributed by atoms with van der Waals surface area (Å²) in [5, 5.41) is 14.8. The van der Waals surface area contributed by atoms with Crippen LogP contribution in [0.5, 0.6) is 0 Å². The SMILES string of the molecule is CCOC(=O)C1=C(CN2CC(F)(F)[C@@H]3CN(C[C@H](CC)C(=O)O)C(=O)[C@@H]32)NC(c2nccs2)=N[C@H]1c1cccc(F)c1C. The van der Waals surface area contributed by atoms with Crippen LogP contribution in [-0.2, 0) is 19.1 Å². The summed E-state index contributed by atoms with van der Waals surface area (Å²) in [6, 6.07) is 2.16. The molecule has 2 aromatic rings. The van der Waals surface area contributed by atoms with E-state index < -0.39 is 60.0 Å². The lowest BCUT2D eigenvalue weighted by Crippen LogP contribution is -2.46. The number of rotatable bonds is 10. The van der Waals surface area contributed by atoms with Gasteiger partial charge in [0.2, 0.25) is 5.91 Å². The van der Waals surface area contributed by atoms with Gasteiger partial charge in [0.15, 0.2) is 10.8 Å². The quantitative estimate of drug-likeness (QED) is 0.388. The van der Waals surface area contributed by atoms with E-state index in [0.29, 0.717) is 10.6 Å². The zero-order valence-corrected chi connectivity index (χ0v) is 24.7. The summed E-state index contributed by atoms with van der Waals surface area (Å²) >= 11 is 1.27. The lowest BCUT2D eigenvalue weighted by molar-refractivity contribution is -0.143. The molecule has 43 heavy (non-hydrogen) atoms. The highest BCUT2D eigenvalue weighted by Gasteiger charge is 2.62. The van der Waals surface area contributed by atoms with Crippen LogP contribution in [0.3, 0.4) is 0 Å². The Morgan fingerprint density at radius 1 is 1.30 bits per heavy atom. The number of nitrogens with one attached hydrogen (secondary N) is 1. The molecule has 1 aromatic heterocycles. The lowest BCUT2D eigenvalue weighted by atomic mass is 9.92. The number of ether oxygens (including phenoxy) is 1. The number of esters is 1. The normalized spacial score (nSPS) is 24.0. The summed E-state index contributed by atoms with van der Waals surface area (Å²) in [6.45, 7) is 3.42. The van der Waals surface area contributed by atoms with Crippen LogP contribution >= 0.6 is 11.3 Å². The van der Waals surface area contributed by atoms with Crippen molar-refractivity contribution >= 4 is 35.0 Å². The van der Waals surface area contributed by atoms with Gasteiger partial charge >= 0.3 is 11.9 Å². The van der Waals surface area contributed by atoms with E-state index in [1.165, 1.54) is 33.3 Å². The van der Waals surface area contributed by atoms with Gasteiger partial charge in [0.05, 0.1) is 30.6 Å². The number of thiazole rings is 1. The van der Waals surface area contributed by atoms with Crippen LogP contribution in [0.4, 0.5) is 13.2 Å². The topological polar surface area (TPSA) is 124 Å². The minimum absolute atomic E-state index is 0.0156. The Kier molecular flexibility index (Phi) is 8.61. The summed E-state index contributed by atoms with van der Waals surface area (Å²) in [5.74, 6) is -8.15. The fourth-order valence-electron chi connectivity index (χ4n) is 5.98. The maximum absolute atomic E-state index is 15.4. The number of benzene rings is 1. The molecule has 3 aliphatic heterocycles. The third-order valence-corrected chi connectivity index (χ3v) is 9.00. The molecule has 2 saturated heterocycles. The van der Waals surface area contributed by atoms with Crippen LogP contribution in [0, 0.1) is 24.6 Å². The summed E-state index contributed by atoms with van der Waals surface area (Å²) in [4.78, 5) is 50.1. The number of amides is 1. The van der Waals surface area contributed by atoms with Gasteiger partial charge in [0, 0.05) is 36.9 Å². The molecule has 0 radical (unpaired) electrons. The van der Waals surface area contributed by atoms with Crippen LogP contribution in [-0.4, -0.2) is 88.3 Å². The monoisotopic (exact) mass is 619 g/mol. The Labute approximate surface area is 250 Å². The van der Waals surface area contributed by atoms with Crippen LogP contribution < -0.4 is 5.32 Å². The number of alkyl halides is 2. The van der Waals surface area contributed by atoms with Crippen molar-refractivity contribution in [1.82, 2.24) is 20.1 Å². The van der Waals surface area contributed by atoms with Gasteiger partial charge in [-0.2, -0.15) is 0 Å². The first-order valence-electron chi connectivity index (χ1n) is 14.0. The van der Waals surface area contributed by atoms with Crippen molar-refractivity contribution in [3.05, 3.63) is 63.0 Å². The standard InChI is InChI=1S/C29H32F3N5O5S/c1-4-16(27(39)40)11-36-12-18-23(26(36)38)37(14-29(18,31)32)13-20-21(28(41)42-5-2)22(17-7-6-8-19(30)15(17)3)35-24(34-20)25-33-9-10-43-25/h6-10,16,18,22-23H,4-5,11-14H2,1-3H3,(H,34,35)(H,39,40)/t16-,18+,22-,23+/m0/s1. The fourth-order valence-corrected chi connectivity index (χ4v) is 6.57. The van der Waals surface area contributed by atoms with E-state index in [1.54, 1.807) is 38.4 Å². The largest absolute Gasteiger partial charge is 0.481 e. The number of hydrogen-bond donors (Lipinski definition) is 2. The average molecular weight is 620 g/mol. The number of carbonyl (C=O) groups is 3. The molecule has 0 spiro atoms. The molecule has 4 heterocycles. The van der Waals surface area contributed by atoms with Crippen LogP contribution in [0.2, 0.25) is 0 Å². The number of aromatic nitrogens is 1. The predicted molar refractivity (Wildman–Crippen MR) is 151 cm³/mol. The number of carboxylic acid groups (broad SMARTS) is 1. The van der Waals surface area contributed by atoms with Crippen molar-refractivity contribution in [1.29, 1.82) is 0 Å². The maximum Gasteiger partial charge on any atom is 0.338 e. The Morgan fingerprint density at radius 3 is 2.72 bits per heavy atom. The molecule has 3 aliphatic rings. The van der Waals surface area contributed by atoms with Crippen LogP contribution in [0.1, 0.15) is 42.4 Å². The maximum atomic E-state index is 15.4. The highest BCUT2D eigenvalue weighted by atomic mass is 32.1. The number of halogens is 3. The predicted octanol–water partition coefficient (Wildman–Crippen LogP) is 3.39. The number of hydrogen-bond acceptors (Lipinski definition) is 9. The summed E-state index contributed by atoms with van der Waals surface area (Å²) in [6.07, 6.45) is 1.81. The highest BCUT2D eigenvalue weighted by Crippen LogP contribution is 2.44. The van der Waals surface area contributed by atoms with Crippen molar-refractivity contribution in [2.24, 2.45) is 16.8 Å². The van der Waals surface area contributed by atoms with Gasteiger partial charge in [-0.15, -0.1) is 11.3 Å². The Balaban J connectivity index is 1.56.